The molecule has 108 valence electrons. The predicted molar refractivity (Wildman–Crippen MR) is 77.9 cm³/mol. The monoisotopic (exact) mass is 272 g/mol. The van der Waals surface area contributed by atoms with Crippen molar-refractivity contribution in [3.05, 3.63) is 11.3 Å². The Morgan fingerprint density at radius 3 is 2.25 bits per heavy atom. The molecule has 4 nitrogen and oxygen atoms in total. The van der Waals surface area contributed by atoms with E-state index in [0.29, 0.717) is 6.04 Å². The minimum Gasteiger partial charge on any atom is -0.384 e. The van der Waals surface area contributed by atoms with Gasteiger partial charge in [-0.15, -0.1) is 0 Å². The molecule has 4 aliphatic carbocycles. The number of hydrogen-bond acceptors (Lipinski definition) is 3. The van der Waals surface area contributed by atoms with Crippen molar-refractivity contribution in [2.24, 2.45) is 23.7 Å². The molecule has 0 saturated heterocycles. The lowest BCUT2D eigenvalue weighted by molar-refractivity contribution is -0.0330. The number of rotatable bonds is 1. The lowest BCUT2D eigenvalue weighted by Gasteiger charge is -2.54. The van der Waals surface area contributed by atoms with Gasteiger partial charge >= 0.3 is 0 Å². The molecule has 0 aromatic carbocycles. The van der Waals surface area contributed by atoms with E-state index in [-0.39, 0.29) is 0 Å². The highest BCUT2D eigenvalue weighted by Gasteiger charge is 2.50. The molecule has 0 amide bonds. The molecular weight excluding hydrogens is 248 g/mol. The van der Waals surface area contributed by atoms with Crippen LogP contribution in [0.3, 0.4) is 0 Å². The average Bonchev–Trinajstić information content (AvgIpc) is 2.88. The van der Waals surface area contributed by atoms with Gasteiger partial charge in [0.15, 0.2) is 0 Å². The third-order valence-electron chi connectivity index (χ3n) is 6.44. The highest BCUT2D eigenvalue weighted by Crippen LogP contribution is 2.58. The highest BCUT2D eigenvalue weighted by molar-refractivity contribution is 5.46. The summed E-state index contributed by atoms with van der Waals surface area (Å²) in [5, 5.41) is 4.94. The van der Waals surface area contributed by atoms with Gasteiger partial charge in [-0.05, 0) is 62.8 Å². The first kappa shape index (κ1) is 11.6. The molecule has 20 heavy (non-hydrogen) atoms. The summed E-state index contributed by atoms with van der Waals surface area (Å²) in [7, 11) is 2.15. The highest BCUT2D eigenvalue weighted by atomic mass is 15.4. The standard InChI is InChI=1S/C16H24N4/c1-19-7-13-14(8-19)18-20(16(13)17)15-11-3-9-2-10(5-11)6-12(15)4-9/h9-12,15H,2-8,17H2,1H3. The molecule has 2 heterocycles. The van der Waals surface area contributed by atoms with Crippen LogP contribution in [0, 0.1) is 23.7 Å². The van der Waals surface area contributed by atoms with Gasteiger partial charge in [-0.25, -0.2) is 4.68 Å². The summed E-state index contributed by atoms with van der Waals surface area (Å²) in [6, 6.07) is 0.610. The molecule has 4 saturated carbocycles. The summed E-state index contributed by atoms with van der Waals surface area (Å²) >= 11 is 0. The van der Waals surface area contributed by atoms with Crippen LogP contribution >= 0.6 is 0 Å². The van der Waals surface area contributed by atoms with Gasteiger partial charge in [0.05, 0.1) is 11.7 Å². The minimum atomic E-state index is 0.610. The van der Waals surface area contributed by atoms with E-state index in [2.05, 4.69) is 16.6 Å². The zero-order valence-corrected chi connectivity index (χ0v) is 12.3. The van der Waals surface area contributed by atoms with Crippen LogP contribution in [0.4, 0.5) is 5.82 Å². The van der Waals surface area contributed by atoms with Crippen LogP contribution in [0.15, 0.2) is 0 Å². The van der Waals surface area contributed by atoms with E-state index in [1.54, 1.807) is 0 Å². The van der Waals surface area contributed by atoms with Crippen molar-refractivity contribution in [3.8, 4) is 0 Å². The van der Waals surface area contributed by atoms with Crippen LogP contribution in [-0.4, -0.2) is 21.7 Å². The first-order valence-electron chi connectivity index (χ1n) is 8.23. The van der Waals surface area contributed by atoms with Gasteiger partial charge < -0.3 is 5.73 Å². The van der Waals surface area contributed by atoms with Crippen molar-refractivity contribution >= 4 is 5.82 Å². The normalized spacial score (nSPS) is 42.4. The van der Waals surface area contributed by atoms with Crippen LogP contribution < -0.4 is 5.73 Å². The van der Waals surface area contributed by atoms with E-state index in [1.165, 1.54) is 43.4 Å². The SMILES string of the molecule is CN1Cc2nn(C3C4CC5CC(C4)CC3C5)c(N)c2C1. The second-order valence-corrected chi connectivity index (χ2v) is 7.85. The number of anilines is 1. The Morgan fingerprint density at radius 2 is 1.65 bits per heavy atom. The molecule has 2 N–H and O–H groups in total. The van der Waals surface area contributed by atoms with Crippen molar-refractivity contribution in [2.75, 3.05) is 12.8 Å². The van der Waals surface area contributed by atoms with E-state index in [9.17, 15) is 0 Å². The Bertz CT molecular complexity index is 533. The lowest BCUT2D eigenvalue weighted by atomic mass is 9.54. The molecule has 0 unspecified atom stereocenters. The Balaban J connectivity index is 1.53. The minimum absolute atomic E-state index is 0.610. The molecule has 4 heteroatoms. The first-order chi connectivity index (χ1) is 9.69. The van der Waals surface area contributed by atoms with Crippen LogP contribution in [0.1, 0.15) is 49.4 Å². The van der Waals surface area contributed by atoms with E-state index in [4.69, 9.17) is 10.8 Å². The topological polar surface area (TPSA) is 47.1 Å². The molecule has 4 fully saturated rings. The van der Waals surface area contributed by atoms with E-state index in [0.717, 1.165) is 42.6 Å². The number of hydrogen-bond donors (Lipinski definition) is 1. The Labute approximate surface area is 120 Å². The fourth-order valence-corrected chi connectivity index (χ4v) is 5.93. The van der Waals surface area contributed by atoms with Gasteiger partial charge in [-0.1, -0.05) is 0 Å². The quantitative estimate of drug-likeness (QED) is 0.854. The number of fused-ring (bicyclic) bond motifs is 1. The van der Waals surface area contributed by atoms with Crippen LogP contribution in [-0.2, 0) is 13.1 Å². The average molecular weight is 272 g/mol. The number of nitrogens with zero attached hydrogens (tertiary/aromatic N) is 3. The van der Waals surface area contributed by atoms with Gasteiger partial charge in [0.1, 0.15) is 5.82 Å². The number of nitrogens with two attached hydrogens (primary N) is 1. The summed E-state index contributed by atoms with van der Waals surface area (Å²) < 4.78 is 2.25. The Hall–Kier alpha value is -1.03. The number of nitrogen functional groups attached to an aromatic ring is 1. The predicted octanol–water partition coefficient (Wildman–Crippen LogP) is 2.41. The smallest absolute Gasteiger partial charge is 0.126 e. The Kier molecular flexibility index (Phi) is 2.20. The van der Waals surface area contributed by atoms with Gasteiger partial charge in [0.25, 0.3) is 0 Å². The van der Waals surface area contributed by atoms with E-state index in [1.807, 2.05) is 0 Å². The lowest BCUT2D eigenvalue weighted by Crippen LogP contribution is -2.46. The summed E-state index contributed by atoms with van der Waals surface area (Å²) in [4.78, 5) is 2.30. The van der Waals surface area contributed by atoms with Gasteiger partial charge in [-0.3, -0.25) is 4.90 Å². The fraction of sp³-hybridized carbons (Fsp3) is 0.812. The zero-order chi connectivity index (χ0) is 13.4. The molecule has 1 aromatic rings. The molecule has 6 rings (SSSR count). The van der Waals surface area contributed by atoms with E-state index < -0.39 is 0 Å². The maximum atomic E-state index is 6.47. The third kappa shape index (κ3) is 1.43. The molecule has 5 aliphatic rings. The summed E-state index contributed by atoms with van der Waals surface area (Å²) in [6.45, 7) is 1.95. The summed E-state index contributed by atoms with van der Waals surface area (Å²) in [6.07, 6.45) is 7.24. The van der Waals surface area contributed by atoms with Crippen molar-refractivity contribution in [1.29, 1.82) is 0 Å². The second kappa shape index (κ2) is 3.79. The first-order valence-corrected chi connectivity index (χ1v) is 8.23. The largest absolute Gasteiger partial charge is 0.384 e. The molecule has 1 aliphatic heterocycles. The summed E-state index contributed by atoms with van der Waals surface area (Å²) in [5.74, 6) is 4.71. The van der Waals surface area contributed by atoms with E-state index >= 15 is 0 Å². The van der Waals surface area contributed by atoms with Crippen molar-refractivity contribution in [2.45, 2.75) is 51.2 Å². The number of aromatic nitrogens is 2. The van der Waals surface area contributed by atoms with Crippen LogP contribution in [0.2, 0.25) is 0 Å². The molecule has 0 atom stereocenters. The molecule has 0 radical (unpaired) electrons. The summed E-state index contributed by atoms with van der Waals surface area (Å²) in [5.41, 5.74) is 9.01. The fourth-order valence-electron chi connectivity index (χ4n) is 5.93. The van der Waals surface area contributed by atoms with Crippen molar-refractivity contribution in [3.63, 3.8) is 0 Å². The Morgan fingerprint density at radius 1 is 1.00 bits per heavy atom. The zero-order valence-electron chi connectivity index (χ0n) is 12.3. The maximum Gasteiger partial charge on any atom is 0.126 e. The second-order valence-electron chi connectivity index (χ2n) is 7.85. The molecule has 4 bridgehead atoms. The van der Waals surface area contributed by atoms with Crippen LogP contribution in [0.5, 0.6) is 0 Å². The third-order valence-corrected chi connectivity index (χ3v) is 6.44. The van der Waals surface area contributed by atoms with Crippen LogP contribution in [0.25, 0.3) is 0 Å². The maximum absolute atomic E-state index is 6.47. The van der Waals surface area contributed by atoms with Gasteiger partial charge in [0, 0.05) is 18.7 Å². The van der Waals surface area contributed by atoms with Crippen molar-refractivity contribution < 1.29 is 0 Å². The van der Waals surface area contributed by atoms with Crippen molar-refractivity contribution in [1.82, 2.24) is 14.7 Å². The molecular formula is C16H24N4. The van der Waals surface area contributed by atoms with Gasteiger partial charge in [-0.2, -0.15) is 5.10 Å². The van der Waals surface area contributed by atoms with Gasteiger partial charge in [0.2, 0.25) is 0 Å². The molecule has 1 aromatic heterocycles. The molecule has 0 spiro atoms.